The highest BCUT2D eigenvalue weighted by molar-refractivity contribution is 5.99. The van der Waals surface area contributed by atoms with Crippen molar-refractivity contribution in [3.05, 3.63) is 60.2 Å². The zero-order chi connectivity index (χ0) is 19.3. The van der Waals surface area contributed by atoms with Gasteiger partial charge in [0.15, 0.2) is 0 Å². The minimum Gasteiger partial charge on any atom is -0.351 e. The van der Waals surface area contributed by atoms with E-state index in [2.05, 4.69) is 21.3 Å². The van der Waals surface area contributed by atoms with Crippen LogP contribution in [-0.4, -0.2) is 30.4 Å². The lowest BCUT2D eigenvalue weighted by atomic mass is 10.1. The van der Waals surface area contributed by atoms with E-state index >= 15 is 0 Å². The number of alkyl halides is 2. The normalized spacial score (nSPS) is 17.3. The highest BCUT2D eigenvalue weighted by atomic mass is 35.5. The van der Waals surface area contributed by atoms with Crippen LogP contribution in [0.25, 0.3) is 0 Å². The fourth-order valence-electron chi connectivity index (χ4n) is 2.79. The molecular weight excluding hydrogens is 390 g/mol. The Bertz CT molecular complexity index is 821. The summed E-state index contributed by atoms with van der Waals surface area (Å²) in [6, 6.07) is 14.7. The lowest BCUT2D eigenvalue weighted by Crippen LogP contribution is -2.40. The van der Waals surface area contributed by atoms with Crippen LogP contribution in [0.1, 0.15) is 12.0 Å². The maximum absolute atomic E-state index is 13.2. The molecule has 1 aliphatic heterocycles. The molecule has 1 atom stereocenters. The number of nitrogens with one attached hydrogen (secondary N) is 4. The molecule has 0 saturated carbocycles. The van der Waals surface area contributed by atoms with Gasteiger partial charge in [-0.15, -0.1) is 12.4 Å². The van der Waals surface area contributed by atoms with Crippen LogP contribution in [0.5, 0.6) is 0 Å². The summed E-state index contributed by atoms with van der Waals surface area (Å²) in [5, 5.41) is 10.6. The molecule has 1 unspecified atom stereocenters. The summed E-state index contributed by atoms with van der Waals surface area (Å²) in [4.78, 5) is 24.0. The highest BCUT2D eigenvalue weighted by Crippen LogP contribution is 2.25. The Morgan fingerprint density at radius 1 is 1.04 bits per heavy atom. The molecule has 0 aromatic heterocycles. The van der Waals surface area contributed by atoms with Gasteiger partial charge in [0.05, 0.1) is 12.6 Å². The second-order valence-corrected chi connectivity index (χ2v) is 6.36. The Kier molecular flexibility index (Phi) is 7.31. The molecule has 1 fully saturated rings. The van der Waals surface area contributed by atoms with Gasteiger partial charge in [-0.2, -0.15) is 0 Å². The molecule has 0 radical (unpaired) electrons. The van der Waals surface area contributed by atoms with Crippen molar-refractivity contribution in [3.63, 3.8) is 0 Å². The van der Waals surface area contributed by atoms with Gasteiger partial charge in [-0.3, -0.25) is 10.1 Å². The third kappa shape index (κ3) is 6.17. The van der Waals surface area contributed by atoms with Crippen molar-refractivity contribution >= 4 is 35.7 Å². The largest absolute Gasteiger partial charge is 0.351 e. The van der Waals surface area contributed by atoms with E-state index < -0.39 is 30.8 Å². The van der Waals surface area contributed by atoms with E-state index in [4.69, 9.17) is 0 Å². The smallest absolute Gasteiger partial charge is 0.323 e. The summed E-state index contributed by atoms with van der Waals surface area (Å²) in [6.07, 6.45) is -0.500. The maximum atomic E-state index is 13.2. The summed E-state index contributed by atoms with van der Waals surface area (Å²) >= 11 is 0. The lowest BCUT2D eigenvalue weighted by Gasteiger charge is -2.12. The number of benzene rings is 2. The van der Waals surface area contributed by atoms with Crippen LogP contribution in [0.4, 0.5) is 25.0 Å². The highest BCUT2D eigenvalue weighted by Gasteiger charge is 2.42. The Morgan fingerprint density at radius 3 is 2.39 bits per heavy atom. The van der Waals surface area contributed by atoms with E-state index in [1.807, 2.05) is 18.2 Å². The molecule has 1 aliphatic rings. The van der Waals surface area contributed by atoms with Crippen LogP contribution in [-0.2, 0) is 11.3 Å². The van der Waals surface area contributed by atoms with E-state index in [9.17, 15) is 18.4 Å². The predicted molar refractivity (Wildman–Crippen MR) is 106 cm³/mol. The van der Waals surface area contributed by atoms with Gasteiger partial charge in [0.1, 0.15) is 0 Å². The molecule has 0 bridgehead atoms. The van der Waals surface area contributed by atoms with Gasteiger partial charge in [-0.05, 0) is 29.8 Å². The first-order valence-electron chi connectivity index (χ1n) is 8.52. The summed E-state index contributed by atoms with van der Waals surface area (Å²) < 4.78 is 26.3. The standard InChI is InChI=1S/C19H20F2N4O2.ClH/c20-19(21)10-16(23-12-19)17(26)22-11-13-5-4-8-15(9-13)25-18(27)24-14-6-2-1-3-7-14;/h1-9,16,23H,10-12H2,(H,22,26)(H2,24,25,27);1H. The van der Waals surface area contributed by atoms with Gasteiger partial charge < -0.3 is 16.0 Å². The fraction of sp³-hybridized carbons (Fsp3) is 0.263. The molecular formula is C19H21ClF2N4O2. The number of hydrogen-bond acceptors (Lipinski definition) is 3. The van der Waals surface area contributed by atoms with Crippen molar-refractivity contribution < 1.29 is 18.4 Å². The first-order valence-corrected chi connectivity index (χ1v) is 8.52. The molecule has 0 aliphatic carbocycles. The minimum absolute atomic E-state index is 0. The topological polar surface area (TPSA) is 82.3 Å². The van der Waals surface area contributed by atoms with Crippen LogP contribution >= 0.6 is 12.4 Å². The molecule has 6 nitrogen and oxygen atoms in total. The fourth-order valence-corrected chi connectivity index (χ4v) is 2.79. The number of halogens is 3. The SMILES string of the molecule is Cl.O=C(Nc1ccccc1)Nc1cccc(CNC(=O)C2CC(F)(F)CN2)c1. The number of carbonyl (C=O) groups excluding carboxylic acids is 2. The molecule has 2 aromatic carbocycles. The zero-order valence-electron chi connectivity index (χ0n) is 14.9. The Hall–Kier alpha value is -2.71. The second-order valence-electron chi connectivity index (χ2n) is 6.36. The maximum Gasteiger partial charge on any atom is 0.323 e. The van der Waals surface area contributed by atoms with Crippen LogP contribution < -0.4 is 21.3 Å². The van der Waals surface area contributed by atoms with E-state index in [-0.39, 0.29) is 25.0 Å². The van der Waals surface area contributed by atoms with Crippen molar-refractivity contribution in [2.75, 3.05) is 17.2 Å². The number of anilines is 2. The van der Waals surface area contributed by atoms with Gasteiger partial charge in [0.2, 0.25) is 5.91 Å². The second kappa shape index (κ2) is 9.48. The van der Waals surface area contributed by atoms with Crippen molar-refractivity contribution in [2.24, 2.45) is 0 Å². The number of hydrogen-bond donors (Lipinski definition) is 4. The van der Waals surface area contributed by atoms with Gasteiger partial charge in [-0.25, -0.2) is 13.6 Å². The molecule has 28 heavy (non-hydrogen) atoms. The van der Waals surface area contributed by atoms with Gasteiger partial charge in [-0.1, -0.05) is 30.3 Å². The number of para-hydroxylation sites is 1. The van der Waals surface area contributed by atoms with Gasteiger partial charge in [0.25, 0.3) is 5.92 Å². The Labute approximate surface area is 167 Å². The van der Waals surface area contributed by atoms with Crippen molar-refractivity contribution in [3.8, 4) is 0 Å². The predicted octanol–water partition coefficient (Wildman–Crippen LogP) is 3.37. The van der Waals surface area contributed by atoms with Crippen molar-refractivity contribution in [2.45, 2.75) is 24.9 Å². The molecule has 3 amide bonds. The number of urea groups is 1. The Morgan fingerprint density at radius 2 is 1.71 bits per heavy atom. The van der Waals surface area contributed by atoms with Crippen molar-refractivity contribution in [1.82, 2.24) is 10.6 Å². The summed E-state index contributed by atoms with van der Waals surface area (Å²) in [5.41, 5.74) is 1.96. The van der Waals surface area contributed by atoms with Crippen LogP contribution in [0.2, 0.25) is 0 Å². The summed E-state index contributed by atoms with van der Waals surface area (Å²) in [7, 11) is 0. The van der Waals surface area contributed by atoms with E-state index in [0.717, 1.165) is 5.56 Å². The van der Waals surface area contributed by atoms with E-state index in [0.29, 0.717) is 11.4 Å². The van der Waals surface area contributed by atoms with E-state index in [1.54, 1.807) is 36.4 Å². The number of rotatable bonds is 5. The van der Waals surface area contributed by atoms with Crippen LogP contribution in [0.3, 0.4) is 0 Å². The Balaban J connectivity index is 0.00000280. The van der Waals surface area contributed by atoms with Gasteiger partial charge in [0, 0.05) is 24.3 Å². The van der Waals surface area contributed by atoms with Crippen molar-refractivity contribution in [1.29, 1.82) is 0 Å². The molecule has 1 heterocycles. The molecule has 2 aromatic rings. The summed E-state index contributed by atoms with van der Waals surface area (Å²) in [6.45, 7) is -0.306. The molecule has 0 spiro atoms. The van der Waals surface area contributed by atoms with Crippen LogP contribution in [0.15, 0.2) is 54.6 Å². The average Bonchev–Trinajstić information content (AvgIpc) is 3.01. The minimum atomic E-state index is -2.85. The third-order valence-corrected chi connectivity index (χ3v) is 4.11. The molecule has 1 saturated heterocycles. The summed E-state index contributed by atoms with van der Waals surface area (Å²) in [5.74, 6) is -3.31. The van der Waals surface area contributed by atoms with E-state index in [1.165, 1.54) is 0 Å². The molecule has 3 rings (SSSR count). The third-order valence-electron chi connectivity index (χ3n) is 4.11. The number of amides is 3. The van der Waals surface area contributed by atoms with Crippen LogP contribution in [0, 0.1) is 0 Å². The first kappa shape index (κ1) is 21.6. The zero-order valence-corrected chi connectivity index (χ0v) is 15.7. The lowest BCUT2D eigenvalue weighted by molar-refractivity contribution is -0.123. The molecule has 9 heteroatoms. The molecule has 4 N–H and O–H groups in total. The molecule has 150 valence electrons. The quantitative estimate of drug-likeness (QED) is 0.610. The number of carbonyl (C=O) groups is 2. The monoisotopic (exact) mass is 410 g/mol. The van der Waals surface area contributed by atoms with Gasteiger partial charge >= 0.3 is 6.03 Å². The average molecular weight is 411 g/mol. The first-order chi connectivity index (χ1) is 12.9.